The van der Waals surface area contributed by atoms with Crippen LogP contribution in [0.5, 0.6) is 0 Å². The Hall–Kier alpha value is -2.89. The number of amides is 3. The van der Waals surface area contributed by atoms with Crippen molar-refractivity contribution in [3.8, 4) is 0 Å². The predicted octanol–water partition coefficient (Wildman–Crippen LogP) is -2.40. The normalized spacial score (nSPS) is 13.7. The minimum atomic E-state index is -1.20. The number of hydrogen-bond donors (Lipinski definition) is 7. The van der Waals surface area contributed by atoms with Gasteiger partial charge in [-0.1, -0.05) is 13.8 Å². The summed E-state index contributed by atoms with van der Waals surface area (Å²) in [6.45, 7) is 4.88. The number of carboxylic acid groups (broad SMARTS) is 1. The van der Waals surface area contributed by atoms with Gasteiger partial charge < -0.3 is 38.3 Å². The van der Waals surface area contributed by atoms with Crippen LogP contribution in [0.3, 0.4) is 0 Å². The van der Waals surface area contributed by atoms with E-state index in [1.54, 1.807) is 0 Å². The Balaban J connectivity index is 5.19. The van der Waals surface area contributed by atoms with E-state index in [-0.39, 0.29) is 24.8 Å². The average Bonchev–Trinajstić information content (AvgIpc) is 2.60. The smallest absolute Gasteiger partial charge is 0.322 e. The molecular formula is C17H33N7O5. The van der Waals surface area contributed by atoms with Gasteiger partial charge in [0.1, 0.15) is 18.6 Å². The van der Waals surface area contributed by atoms with Gasteiger partial charge in [-0.15, -0.1) is 0 Å². The molecule has 3 atom stereocenters. The maximum atomic E-state index is 12.7. The van der Waals surface area contributed by atoms with E-state index in [4.69, 9.17) is 22.3 Å². The molecule has 0 spiro atoms. The Bertz CT molecular complexity index is 603. The molecule has 29 heavy (non-hydrogen) atoms. The summed E-state index contributed by atoms with van der Waals surface area (Å²) < 4.78 is 0. The van der Waals surface area contributed by atoms with Crippen molar-refractivity contribution < 1.29 is 24.3 Å². The summed E-state index contributed by atoms with van der Waals surface area (Å²) in [6, 6.07) is -2.73. The molecule has 0 fully saturated rings. The van der Waals surface area contributed by atoms with Crippen molar-refractivity contribution in [1.82, 2.24) is 16.0 Å². The van der Waals surface area contributed by atoms with Crippen LogP contribution >= 0.6 is 0 Å². The zero-order chi connectivity index (χ0) is 22.6. The fourth-order valence-electron chi connectivity index (χ4n) is 2.34. The first-order valence-corrected chi connectivity index (χ1v) is 9.35. The number of aliphatic imine (C=N–C) groups is 1. The van der Waals surface area contributed by atoms with Gasteiger partial charge in [0.05, 0.1) is 6.04 Å². The van der Waals surface area contributed by atoms with E-state index < -0.39 is 48.4 Å². The molecule has 0 aliphatic carbocycles. The molecule has 12 nitrogen and oxygen atoms in total. The Morgan fingerprint density at radius 3 is 2.03 bits per heavy atom. The zero-order valence-electron chi connectivity index (χ0n) is 17.1. The fraction of sp³-hybridized carbons (Fsp3) is 0.706. The third-order valence-corrected chi connectivity index (χ3v) is 3.75. The van der Waals surface area contributed by atoms with E-state index in [1.165, 1.54) is 6.92 Å². The molecule has 0 aliphatic heterocycles. The Morgan fingerprint density at radius 1 is 0.966 bits per heavy atom. The van der Waals surface area contributed by atoms with Gasteiger partial charge in [0.25, 0.3) is 0 Å². The molecule has 0 aliphatic rings. The predicted molar refractivity (Wildman–Crippen MR) is 108 cm³/mol. The molecule has 0 radical (unpaired) electrons. The molecule has 0 saturated heterocycles. The number of hydrogen-bond acceptors (Lipinski definition) is 6. The molecule has 0 unspecified atom stereocenters. The number of carboxylic acids is 1. The molecule has 12 heteroatoms. The van der Waals surface area contributed by atoms with Crippen LogP contribution in [0.2, 0.25) is 0 Å². The lowest BCUT2D eigenvalue weighted by atomic mass is 10.0. The highest BCUT2D eigenvalue weighted by Crippen LogP contribution is 2.07. The minimum absolute atomic E-state index is 0.0508. The van der Waals surface area contributed by atoms with E-state index in [0.29, 0.717) is 12.8 Å². The molecule has 0 heterocycles. The van der Waals surface area contributed by atoms with E-state index in [0.717, 1.165) is 0 Å². The van der Waals surface area contributed by atoms with Gasteiger partial charge in [-0.25, -0.2) is 0 Å². The van der Waals surface area contributed by atoms with Crippen molar-refractivity contribution >= 4 is 29.7 Å². The lowest BCUT2D eigenvalue weighted by Gasteiger charge is -2.24. The van der Waals surface area contributed by atoms with Crippen LogP contribution in [-0.4, -0.2) is 66.0 Å². The van der Waals surface area contributed by atoms with Crippen molar-refractivity contribution in [3.05, 3.63) is 0 Å². The second-order valence-electron chi connectivity index (χ2n) is 7.10. The molecule has 0 aromatic rings. The lowest BCUT2D eigenvalue weighted by molar-refractivity contribution is -0.138. The Labute approximate surface area is 170 Å². The Morgan fingerprint density at radius 2 is 1.55 bits per heavy atom. The van der Waals surface area contributed by atoms with Crippen LogP contribution in [0.15, 0.2) is 4.99 Å². The highest BCUT2D eigenvalue weighted by molar-refractivity contribution is 5.93. The summed E-state index contributed by atoms with van der Waals surface area (Å²) in [7, 11) is 0. The molecular weight excluding hydrogens is 382 g/mol. The quantitative estimate of drug-likeness (QED) is 0.0975. The largest absolute Gasteiger partial charge is 0.480 e. The standard InChI is InChI=1S/C17H33N7O5/c1-9(2)7-12(15(28)22-8-13(25)26)24-16(29)11(23-14(27)10(3)18)5-4-6-21-17(19)20/h9-12H,4-8,18H2,1-3H3,(H,22,28)(H,23,27)(H,24,29)(H,25,26)(H4,19,20,21)/t10-,11-,12-/m0/s1. The van der Waals surface area contributed by atoms with Gasteiger partial charge in [0, 0.05) is 6.54 Å². The van der Waals surface area contributed by atoms with E-state index >= 15 is 0 Å². The van der Waals surface area contributed by atoms with Crippen LogP contribution < -0.4 is 33.2 Å². The van der Waals surface area contributed by atoms with Gasteiger partial charge in [-0.2, -0.15) is 0 Å². The summed E-state index contributed by atoms with van der Waals surface area (Å²) >= 11 is 0. The second kappa shape index (κ2) is 13.3. The Kier molecular flexibility index (Phi) is 12.0. The van der Waals surface area contributed by atoms with Gasteiger partial charge in [-0.05, 0) is 32.1 Å². The molecule has 0 saturated carbocycles. The minimum Gasteiger partial charge on any atom is -0.480 e. The number of nitrogens with zero attached hydrogens (tertiary/aromatic N) is 1. The zero-order valence-corrected chi connectivity index (χ0v) is 17.1. The molecule has 0 aromatic carbocycles. The summed E-state index contributed by atoms with van der Waals surface area (Å²) in [5.41, 5.74) is 16.1. The molecule has 10 N–H and O–H groups in total. The number of nitrogens with one attached hydrogen (secondary N) is 3. The third kappa shape index (κ3) is 12.2. The number of rotatable bonds is 13. The molecule has 0 rings (SSSR count). The number of nitrogens with two attached hydrogens (primary N) is 3. The number of aliphatic carboxylic acids is 1. The highest BCUT2D eigenvalue weighted by atomic mass is 16.4. The number of carbonyl (C=O) groups is 4. The first kappa shape index (κ1) is 26.1. The van der Waals surface area contributed by atoms with Crippen LogP contribution in [0.4, 0.5) is 0 Å². The van der Waals surface area contributed by atoms with Gasteiger partial charge in [-0.3, -0.25) is 24.2 Å². The topological polar surface area (TPSA) is 215 Å². The van der Waals surface area contributed by atoms with Crippen LogP contribution in [0.1, 0.15) is 40.0 Å². The highest BCUT2D eigenvalue weighted by Gasteiger charge is 2.27. The van der Waals surface area contributed by atoms with Crippen molar-refractivity contribution in [2.45, 2.75) is 58.2 Å². The second-order valence-corrected chi connectivity index (χ2v) is 7.10. The SMILES string of the molecule is CC(C)C[C@H](NC(=O)[C@H](CCCN=C(N)N)NC(=O)[C@H](C)N)C(=O)NCC(=O)O. The van der Waals surface area contributed by atoms with E-state index in [2.05, 4.69) is 20.9 Å². The first-order valence-electron chi connectivity index (χ1n) is 9.35. The summed E-state index contributed by atoms with van der Waals surface area (Å²) in [4.78, 5) is 51.4. The van der Waals surface area contributed by atoms with Crippen molar-refractivity contribution in [2.24, 2.45) is 28.1 Å². The maximum absolute atomic E-state index is 12.7. The number of guanidine groups is 1. The van der Waals surface area contributed by atoms with Crippen molar-refractivity contribution in [1.29, 1.82) is 0 Å². The molecule has 3 amide bonds. The van der Waals surface area contributed by atoms with E-state index in [9.17, 15) is 19.2 Å². The van der Waals surface area contributed by atoms with Crippen LogP contribution in [0, 0.1) is 5.92 Å². The average molecular weight is 415 g/mol. The van der Waals surface area contributed by atoms with Crippen molar-refractivity contribution in [2.75, 3.05) is 13.1 Å². The monoisotopic (exact) mass is 415 g/mol. The van der Waals surface area contributed by atoms with Crippen LogP contribution in [0.25, 0.3) is 0 Å². The molecule has 0 aromatic heterocycles. The fourth-order valence-corrected chi connectivity index (χ4v) is 2.34. The lowest BCUT2D eigenvalue weighted by Crippen LogP contribution is -2.56. The maximum Gasteiger partial charge on any atom is 0.322 e. The summed E-state index contributed by atoms with van der Waals surface area (Å²) in [6.07, 6.45) is 0.903. The van der Waals surface area contributed by atoms with Crippen molar-refractivity contribution in [3.63, 3.8) is 0 Å². The molecule has 166 valence electrons. The number of carbonyl (C=O) groups excluding carboxylic acids is 3. The summed E-state index contributed by atoms with van der Waals surface area (Å²) in [5, 5.41) is 16.1. The van der Waals surface area contributed by atoms with E-state index in [1.807, 2.05) is 13.8 Å². The first-order chi connectivity index (χ1) is 13.4. The molecule has 0 bridgehead atoms. The summed E-state index contributed by atoms with van der Waals surface area (Å²) in [5.74, 6) is -2.96. The third-order valence-electron chi connectivity index (χ3n) is 3.75. The van der Waals surface area contributed by atoms with Crippen LogP contribution in [-0.2, 0) is 19.2 Å². The van der Waals surface area contributed by atoms with Gasteiger partial charge >= 0.3 is 5.97 Å². The van der Waals surface area contributed by atoms with Gasteiger partial charge in [0.15, 0.2) is 5.96 Å². The van der Waals surface area contributed by atoms with Gasteiger partial charge in [0.2, 0.25) is 17.7 Å².